The minimum absolute atomic E-state index is 0.189. The van der Waals surface area contributed by atoms with Crippen molar-refractivity contribution in [2.45, 2.75) is 19.0 Å². The van der Waals surface area contributed by atoms with E-state index in [-0.39, 0.29) is 6.04 Å². The van der Waals surface area contributed by atoms with E-state index in [2.05, 4.69) is 30.1 Å². The monoisotopic (exact) mass is 324 g/mol. The summed E-state index contributed by atoms with van der Waals surface area (Å²) in [4.78, 5) is 4.03. The van der Waals surface area contributed by atoms with Crippen LogP contribution in [-0.2, 0) is 6.54 Å². The lowest BCUT2D eigenvalue weighted by molar-refractivity contribution is 0.244. The highest BCUT2D eigenvalue weighted by atomic mass is 35.5. The van der Waals surface area contributed by atoms with Crippen molar-refractivity contribution in [3.8, 4) is 0 Å². The van der Waals surface area contributed by atoms with Crippen molar-refractivity contribution < 1.29 is 0 Å². The van der Waals surface area contributed by atoms with Crippen LogP contribution in [0.15, 0.2) is 42.5 Å². The topological polar surface area (TPSA) is 29.3 Å². The van der Waals surface area contributed by atoms with Gasteiger partial charge in [0, 0.05) is 23.9 Å². The molecule has 0 aliphatic heterocycles. The van der Waals surface area contributed by atoms with Crippen LogP contribution >= 0.6 is 35.2 Å². The summed E-state index contributed by atoms with van der Waals surface area (Å²) in [5.74, 6) is 0. The third-order valence-corrected chi connectivity index (χ3v) is 4.53. The zero-order valence-electron chi connectivity index (χ0n) is 11.3. The van der Waals surface area contributed by atoms with Crippen molar-refractivity contribution in [3.05, 3.63) is 57.2 Å². The van der Waals surface area contributed by atoms with Crippen LogP contribution in [0.4, 0.5) is 0 Å². The van der Waals surface area contributed by atoms with Gasteiger partial charge in [-0.2, -0.15) is 0 Å². The Morgan fingerprint density at radius 3 is 2.55 bits per heavy atom. The highest BCUT2D eigenvalue weighted by Gasteiger charge is 2.18. The number of halogens is 1. The van der Waals surface area contributed by atoms with Crippen LogP contribution in [0, 0.1) is 0 Å². The molecule has 1 atom stereocenters. The number of nitrogens with two attached hydrogens (primary N) is 1. The Bertz CT molecular complexity index is 568. The Balaban J connectivity index is 2.15. The van der Waals surface area contributed by atoms with Crippen LogP contribution in [0.1, 0.15) is 22.9 Å². The lowest BCUT2D eigenvalue weighted by Gasteiger charge is -2.28. The first-order valence-electron chi connectivity index (χ1n) is 6.34. The molecule has 0 spiro atoms. The Labute approximate surface area is 134 Å². The molecule has 5 heteroatoms. The van der Waals surface area contributed by atoms with E-state index in [4.69, 9.17) is 29.6 Å². The van der Waals surface area contributed by atoms with E-state index in [1.54, 1.807) is 11.3 Å². The Kier molecular flexibility index (Phi) is 5.54. The van der Waals surface area contributed by atoms with Gasteiger partial charge in [0.15, 0.2) is 0 Å². The van der Waals surface area contributed by atoms with E-state index in [1.165, 1.54) is 10.4 Å². The lowest BCUT2D eigenvalue weighted by Crippen LogP contribution is -2.27. The maximum absolute atomic E-state index is 5.98. The number of rotatable bonds is 6. The maximum Gasteiger partial charge on any atom is 0.0931 e. The Morgan fingerprint density at radius 2 is 2.00 bits per heavy atom. The number of nitrogens with zero attached hydrogens (tertiary/aromatic N) is 1. The molecule has 0 fully saturated rings. The van der Waals surface area contributed by atoms with Gasteiger partial charge in [0.25, 0.3) is 0 Å². The summed E-state index contributed by atoms with van der Waals surface area (Å²) >= 11 is 12.7. The van der Waals surface area contributed by atoms with Crippen LogP contribution in [0.5, 0.6) is 0 Å². The molecule has 2 aromatic rings. The highest BCUT2D eigenvalue weighted by Crippen LogP contribution is 2.28. The van der Waals surface area contributed by atoms with Gasteiger partial charge in [0.1, 0.15) is 0 Å². The van der Waals surface area contributed by atoms with Gasteiger partial charge < -0.3 is 5.73 Å². The van der Waals surface area contributed by atoms with Crippen molar-refractivity contribution >= 4 is 40.1 Å². The van der Waals surface area contributed by atoms with Crippen molar-refractivity contribution in [1.82, 2.24) is 4.90 Å². The molecule has 0 bridgehead atoms. The molecule has 0 saturated carbocycles. The van der Waals surface area contributed by atoms with Crippen LogP contribution in [0.2, 0.25) is 4.34 Å². The van der Waals surface area contributed by atoms with Crippen molar-refractivity contribution in [2.75, 3.05) is 7.05 Å². The Hall–Kier alpha value is -0.940. The molecule has 1 aromatic heterocycles. The predicted octanol–water partition coefficient (Wildman–Crippen LogP) is 4.25. The SMILES string of the molecule is CN(Cc1ccc(Cl)s1)C(CC(N)=S)c1ccccc1. The van der Waals surface area contributed by atoms with Gasteiger partial charge in [-0.15, -0.1) is 11.3 Å². The fourth-order valence-electron chi connectivity index (χ4n) is 2.19. The summed E-state index contributed by atoms with van der Waals surface area (Å²) in [5.41, 5.74) is 6.98. The van der Waals surface area contributed by atoms with E-state index in [0.717, 1.165) is 10.9 Å². The molecule has 2 rings (SSSR count). The Morgan fingerprint density at radius 1 is 1.30 bits per heavy atom. The number of hydrogen-bond donors (Lipinski definition) is 1. The molecule has 0 amide bonds. The largest absolute Gasteiger partial charge is 0.393 e. The molecule has 106 valence electrons. The molecule has 0 aliphatic carbocycles. The van der Waals surface area contributed by atoms with Crippen molar-refractivity contribution in [3.63, 3.8) is 0 Å². The fourth-order valence-corrected chi connectivity index (χ4v) is 3.50. The van der Waals surface area contributed by atoms with E-state index in [0.29, 0.717) is 11.4 Å². The third kappa shape index (κ3) is 4.28. The number of thiophene rings is 1. The molecule has 2 nitrogen and oxygen atoms in total. The van der Waals surface area contributed by atoms with Crippen molar-refractivity contribution in [1.29, 1.82) is 0 Å². The molecular weight excluding hydrogens is 308 g/mol. The highest BCUT2D eigenvalue weighted by molar-refractivity contribution is 7.80. The van der Waals surface area contributed by atoms with Crippen LogP contribution < -0.4 is 5.73 Å². The standard InChI is InChI=1S/C15H17ClN2S2/c1-18(10-12-7-8-14(16)20-12)13(9-15(17)19)11-5-3-2-4-6-11/h2-8,13H,9-10H2,1H3,(H2,17,19). The van der Waals surface area contributed by atoms with E-state index in [1.807, 2.05) is 24.3 Å². The smallest absolute Gasteiger partial charge is 0.0931 e. The summed E-state index contributed by atoms with van der Waals surface area (Å²) in [6, 6.07) is 14.5. The van der Waals surface area contributed by atoms with Gasteiger partial charge in [-0.1, -0.05) is 54.2 Å². The molecular formula is C15H17ClN2S2. The van der Waals surface area contributed by atoms with E-state index < -0.39 is 0 Å². The van der Waals surface area contributed by atoms with Crippen molar-refractivity contribution in [2.24, 2.45) is 5.73 Å². The average Bonchev–Trinajstić information content (AvgIpc) is 2.82. The number of hydrogen-bond acceptors (Lipinski definition) is 3. The second-order valence-electron chi connectivity index (χ2n) is 4.72. The molecule has 0 radical (unpaired) electrons. The van der Waals surface area contributed by atoms with Gasteiger partial charge in [-0.25, -0.2) is 0 Å². The number of thiocarbonyl (C=S) groups is 1. The summed E-state index contributed by atoms with van der Waals surface area (Å²) in [5, 5.41) is 0. The summed E-state index contributed by atoms with van der Waals surface area (Å²) < 4.78 is 0.819. The van der Waals surface area contributed by atoms with Gasteiger partial charge in [-0.3, -0.25) is 4.90 Å². The third-order valence-electron chi connectivity index (χ3n) is 3.15. The average molecular weight is 325 g/mol. The number of benzene rings is 1. The first kappa shape index (κ1) is 15.4. The normalized spacial score (nSPS) is 12.6. The molecule has 1 aromatic carbocycles. The summed E-state index contributed by atoms with van der Waals surface area (Å²) in [7, 11) is 2.09. The molecule has 0 saturated heterocycles. The van der Waals surface area contributed by atoms with Crippen LogP contribution in [0.3, 0.4) is 0 Å². The van der Waals surface area contributed by atoms with Gasteiger partial charge >= 0.3 is 0 Å². The van der Waals surface area contributed by atoms with Gasteiger partial charge in [0.05, 0.1) is 9.32 Å². The van der Waals surface area contributed by atoms with E-state index >= 15 is 0 Å². The van der Waals surface area contributed by atoms with Crippen LogP contribution in [0.25, 0.3) is 0 Å². The first-order valence-corrected chi connectivity index (χ1v) is 7.94. The molecule has 1 heterocycles. The quantitative estimate of drug-likeness (QED) is 0.805. The molecule has 2 N–H and O–H groups in total. The zero-order chi connectivity index (χ0) is 14.5. The summed E-state index contributed by atoms with van der Waals surface area (Å²) in [6.45, 7) is 0.833. The zero-order valence-corrected chi connectivity index (χ0v) is 13.6. The first-order chi connectivity index (χ1) is 9.56. The second-order valence-corrected chi connectivity index (χ2v) is 7.04. The van der Waals surface area contributed by atoms with Crippen LogP contribution in [-0.4, -0.2) is 16.9 Å². The van der Waals surface area contributed by atoms with Gasteiger partial charge in [-0.05, 0) is 24.7 Å². The molecule has 0 aliphatic rings. The lowest BCUT2D eigenvalue weighted by atomic mass is 10.0. The van der Waals surface area contributed by atoms with Gasteiger partial charge in [0.2, 0.25) is 0 Å². The minimum atomic E-state index is 0.189. The fraction of sp³-hybridized carbons (Fsp3) is 0.267. The molecule has 1 unspecified atom stereocenters. The predicted molar refractivity (Wildman–Crippen MR) is 91.4 cm³/mol. The maximum atomic E-state index is 5.98. The van der Waals surface area contributed by atoms with E-state index in [9.17, 15) is 0 Å². The summed E-state index contributed by atoms with van der Waals surface area (Å²) in [6.07, 6.45) is 0.676. The minimum Gasteiger partial charge on any atom is -0.393 e. The molecule has 20 heavy (non-hydrogen) atoms. The second kappa shape index (κ2) is 7.18.